The smallest absolute Gasteiger partial charge is 0.266 e. The zero-order chi connectivity index (χ0) is 27.4. The van der Waals surface area contributed by atoms with Crippen molar-refractivity contribution in [3.63, 3.8) is 0 Å². The van der Waals surface area contributed by atoms with Gasteiger partial charge in [0, 0.05) is 25.7 Å². The fraction of sp³-hybridized carbons (Fsp3) is 0.250. The minimum atomic E-state index is -3.88. The SMILES string of the molecule is NS(=O)(=O)c1ccc(-n2c(SCC(=O)NC3CCN(Cc4ccccc4)CC3)nc3ccccc3c2=O)cc1. The largest absolute Gasteiger partial charge is 0.353 e. The van der Waals surface area contributed by atoms with Gasteiger partial charge in [-0.25, -0.2) is 18.5 Å². The maximum Gasteiger partial charge on any atom is 0.266 e. The van der Waals surface area contributed by atoms with Crippen molar-refractivity contribution in [2.45, 2.75) is 35.5 Å². The maximum absolute atomic E-state index is 13.4. The Morgan fingerprint density at radius 3 is 2.33 bits per heavy atom. The molecule has 11 heteroatoms. The van der Waals surface area contributed by atoms with Gasteiger partial charge in [-0.15, -0.1) is 0 Å². The molecule has 1 amide bonds. The van der Waals surface area contributed by atoms with Crippen LogP contribution in [0.2, 0.25) is 0 Å². The molecule has 1 aromatic heterocycles. The topological polar surface area (TPSA) is 127 Å². The number of primary sulfonamides is 1. The third kappa shape index (κ3) is 6.56. The molecule has 39 heavy (non-hydrogen) atoms. The number of thioether (sulfide) groups is 1. The van der Waals surface area contributed by atoms with Crippen LogP contribution in [0.25, 0.3) is 16.6 Å². The number of rotatable bonds is 8. The molecule has 9 nitrogen and oxygen atoms in total. The van der Waals surface area contributed by atoms with Gasteiger partial charge in [-0.2, -0.15) is 0 Å². The highest BCUT2D eigenvalue weighted by Gasteiger charge is 2.22. The average molecular weight is 564 g/mol. The van der Waals surface area contributed by atoms with Crippen molar-refractivity contribution in [1.82, 2.24) is 19.8 Å². The van der Waals surface area contributed by atoms with Crippen LogP contribution in [0.15, 0.2) is 93.7 Å². The Balaban J connectivity index is 1.27. The van der Waals surface area contributed by atoms with Crippen LogP contribution in [0.4, 0.5) is 0 Å². The number of amides is 1. The number of hydrogen-bond acceptors (Lipinski definition) is 7. The molecule has 3 aromatic carbocycles. The summed E-state index contributed by atoms with van der Waals surface area (Å²) in [5.74, 6) is -0.0374. The van der Waals surface area contributed by atoms with Crippen LogP contribution in [-0.2, 0) is 21.4 Å². The summed E-state index contributed by atoms with van der Waals surface area (Å²) in [6, 6.07) is 23.1. The molecule has 1 saturated heterocycles. The molecule has 1 aliphatic rings. The van der Waals surface area contributed by atoms with E-state index in [1.54, 1.807) is 24.3 Å². The molecule has 4 aromatic rings. The van der Waals surface area contributed by atoms with Gasteiger partial charge in [0.05, 0.1) is 27.2 Å². The molecule has 0 radical (unpaired) electrons. The van der Waals surface area contributed by atoms with Crippen LogP contribution >= 0.6 is 11.8 Å². The van der Waals surface area contributed by atoms with E-state index in [9.17, 15) is 18.0 Å². The highest BCUT2D eigenvalue weighted by molar-refractivity contribution is 7.99. The van der Waals surface area contributed by atoms with E-state index in [1.807, 2.05) is 18.2 Å². The number of sulfonamides is 1. The first kappa shape index (κ1) is 27.1. The number of piperidine rings is 1. The second-order valence-electron chi connectivity index (χ2n) is 9.48. The van der Waals surface area contributed by atoms with E-state index < -0.39 is 10.0 Å². The predicted octanol–water partition coefficient (Wildman–Crippen LogP) is 2.91. The van der Waals surface area contributed by atoms with Crippen molar-refractivity contribution in [1.29, 1.82) is 0 Å². The number of nitrogens with two attached hydrogens (primary N) is 1. The molecule has 2 heterocycles. The molecular weight excluding hydrogens is 534 g/mol. The van der Waals surface area contributed by atoms with Gasteiger partial charge in [0.2, 0.25) is 15.9 Å². The molecule has 0 unspecified atom stereocenters. The number of nitrogens with zero attached hydrogens (tertiary/aromatic N) is 3. The molecular formula is C28H29N5O4S2. The highest BCUT2D eigenvalue weighted by atomic mass is 32.2. The first-order chi connectivity index (χ1) is 18.8. The van der Waals surface area contributed by atoms with Crippen LogP contribution < -0.4 is 16.0 Å². The predicted molar refractivity (Wildman–Crippen MR) is 152 cm³/mol. The average Bonchev–Trinajstić information content (AvgIpc) is 2.93. The van der Waals surface area contributed by atoms with Crippen LogP contribution in [-0.4, -0.2) is 53.7 Å². The molecule has 1 fully saturated rings. The van der Waals surface area contributed by atoms with Crippen molar-refractivity contribution in [3.05, 3.63) is 94.8 Å². The third-order valence-electron chi connectivity index (χ3n) is 6.70. The Kier molecular flexibility index (Phi) is 8.12. The maximum atomic E-state index is 13.4. The number of fused-ring (bicyclic) bond motifs is 1. The lowest BCUT2D eigenvalue weighted by Crippen LogP contribution is -2.44. The van der Waals surface area contributed by atoms with E-state index in [-0.39, 0.29) is 28.2 Å². The van der Waals surface area contributed by atoms with E-state index in [0.717, 1.165) is 32.5 Å². The number of carbonyl (C=O) groups excluding carboxylic acids is 1. The van der Waals surface area contributed by atoms with Crippen LogP contribution in [0, 0.1) is 0 Å². The van der Waals surface area contributed by atoms with Gasteiger partial charge in [-0.05, 0) is 54.8 Å². The normalized spacial score (nSPS) is 14.9. The van der Waals surface area contributed by atoms with Crippen molar-refractivity contribution in [2.75, 3.05) is 18.8 Å². The first-order valence-electron chi connectivity index (χ1n) is 12.6. The van der Waals surface area contributed by atoms with Crippen LogP contribution in [0.3, 0.4) is 0 Å². The zero-order valence-corrected chi connectivity index (χ0v) is 22.8. The van der Waals surface area contributed by atoms with E-state index in [1.165, 1.54) is 46.2 Å². The van der Waals surface area contributed by atoms with Crippen molar-refractivity contribution >= 4 is 38.6 Å². The van der Waals surface area contributed by atoms with E-state index in [4.69, 9.17) is 5.14 Å². The Morgan fingerprint density at radius 1 is 0.974 bits per heavy atom. The summed E-state index contributed by atoms with van der Waals surface area (Å²) in [6.07, 6.45) is 1.75. The Bertz CT molecular complexity index is 1630. The third-order valence-corrected chi connectivity index (χ3v) is 8.57. The number of nitrogens with one attached hydrogen (secondary N) is 1. The fourth-order valence-electron chi connectivity index (χ4n) is 4.70. The van der Waals surface area contributed by atoms with Gasteiger partial charge < -0.3 is 5.32 Å². The highest BCUT2D eigenvalue weighted by Crippen LogP contribution is 2.22. The lowest BCUT2D eigenvalue weighted by atomic mass is 10.0. The first-order valence-corrected chi connectivity index (χ1v) is 15.1. The Hall–Kier alpha value is -3.51. The molecule has 202 valence electrons. The monoisotopic (exact) mass is 563 g/mol. The second-order valence-corrected chi connectivity index (χ2v) is 12.0. The lowest BCUT2D eigenvalue weighted by molar-refractivity contribution is -0.119. The molecule has 1 aliphatic heterocycles. The van der Waals surface area contributed by atoms with Crippen LogP contribution in [0.5, 0.6) is 0 Å². The number of aromatic nitrogens is 2. The van der Waals surface area contributed by atoms with Crippen molar-refractivity contribution in [2.24, 2.45) is 5.14 Å². The van der Waals surface area contributed by atoms with Crippen molar-refractivity contribution in [3.8, 4) is 5.69 Å². The number of para-hydroxylation sites is 1. The molecule has 0 atom stereocenters. The number of benzene rings is 3. The summed E-state index contributed by atoms with van der Waals surface area (Å²) in [5.41, 5.74) is 1.93. The summed E-state index contributed by atoms with van der Waals surface area (Å²) >= 11 is 1.17. The fourth-order valence-corrected chi connectivity index (χ4v) is 6.04. The molecule has 0 aliphatic carbocycles. The number of likely N-dealkylation sites (tertiary alicyclic amines) is 1. The van der Waals surface area contributed by atoms with Crippen LogP contribution in [0.1, 0.15) is 18.4 Å². The van der Waals surface area contributed by atoms with E-state index in [2.05, 4.69) is 27.3 Å². The standard InChI is InChI=1S/C28H29N5O4S2/c29-39(36,37)23-12-10-22(11-13-23)33-27(35)24-8-4-5-9-25(24)31-28(33)38-19-26(34)30-21-14-16-32(17-15-21)18-20-6-2-1-3-7-20/h1-13,21H,14-19H2,(H,30,34)(H2,29,36,37). The summed E-state index contributed by atoms with van der Waals surface area (Å²) in [5, 5.41) is 9.11. The van der Waals surface area contributed by atoms with E-state index >= 15 is 0 Å². The second kappa shape index (κ2) is 11.7. The van der Waals surface area contributed by atoms with E-state index in [0.29, 0.717) is 21.7 Å². The van der Waals surface area contributed by atoms with Gasteiger partial charge in [0.25, 0.3) is 5.56 Å². The molecule has 5 rings (SSSR count). The Morgan fingerprint density at radius 2 is 1.64 bits per heavy atom. The number of carbonyl (C=O) groups is 1. The molecule has 0 saturated carbocycles. The Labute approximate surface area is 231 Å². The molecule has 0 bridgehead atoms. The summed E-state index contributed by atoms with van der Waals surface area (Å²) < 4.78 is 24.8. The van der Waals surface area contributed by atoms with Gasteiger partial charge in [0.15, 0.2) is 5.16 Å². The molecule has 3 N–H and O–H groups in total. The lowest BCUT2D eigenvalue weighted by Gasteiger charge is -2.32. The van der Waals surface area contributed by atoms with Gasteiger partial charge >= 0.3 is 0 Å². The van der Waals surface area contributed by atoms with Gasteiger partial charge in [-0.3, -0.25) is 19.1 Å². The van der Waals surface area contributed by atoms with Crippen molar-refractivity contribution < 1.29 is 13.2 Å². The van der Waals surface area contributed by atoms with Gasteiger partial charge in [-0.1, -0.05) is 54.2 Å². The van der Waals surface area contributed by atoms with Gasteiger partial charge in [0.1, 0.15) is 0 Å². The molecule has 0 spiro atoms. The summed E-state index contributed by atoms with van der Waals surface area (Å²) in [4.78, 5) is 33.3. The minimum Gasteiger partial charge on any atom is -0.353 e. The minimum absolute atomic E-state index is 0.0588. The summed E-state index contributed by atoms with van der Waals surface area (Å²) in [6.45, 7) is 2.72. The number of hydrogen-bond donors (Lipinski definition) is 2. The quantitative estimate of drug-likeness (QED) is 0.249. The summed E-state index contributed by atoms with van der Waals surface area (Å²) in [7, 11) is -3.88. The zero-order valence-electron chi connectivity index (χ0n) is 21.2.